The zero-order chi connectivity index (χ0) is 23.1. The molecular weight excluding hydrogens is 406 g/mol. The zero-order valence-corrected chi connectivity index (χ0v) is 18.2. The topological polar surface area (TPSA) is 129 Å². The second-order valence-electron chi connectivity index (χ2n) is 7.98. The van der Waals surface area contributed by atoms with Crippen LogP contribution in [-0.2, 0) is 33.8 Å². The number of pyridine rings is 1. The summed E-state index contributed by atoms with van der Waals surface area (Å²) in [5.74, 6) is -1.24. The number of amides is 1. The van der Waals surface area contributed by atoms with Crippen molar-refractivity contribution in [3.63, 3.8) is 0 Å². The summed E-state index contributed by atoms with van der Waals surface area (Å²) in [5, 5.41) is 16.5. The molecule has 0 aromatic carbocycles. The number of rotatable bonds is 5. The molecule has 1 aromatic rings. The summed E-state index contributed by atoms with van der Waals surface area (Å²) in [7, 11) is 0. The smallest absolute Gasteiger partial charge is 0.341 e. The lowest BCUT2D eigenvalue weighted by Crippen LogP contribution is -2.46. The molecule has 0 bridgehead atoms. The second-order valence-corrected chi connectivity index (χ2v) is 7.98. The highest BCUT2D eigenvalue weighted by Gasteiger charge is 2.27. The van der Waals surface area contributed by atoms with Crippen LogP contribution in [0.5, 0.6) is 0 Å². The molecule has 2 aliphatic rings. The van der Waals surface area contributed by atoms with Gasteiger partial charge in [-0.3, -0.25) is 19.3 Å². The van der Waals surface area contributed by atoms with E-state index in [1.807, 2.05) is 0 Å². The fourth-order valence-corrected chi connectivity index (χ4v) is 4.30. The molecule has 172 valence electrons. The molecule has 0 aliphatic carbocycles. The molecule has 10 nitrogen and oxygen atoms in total. The van der Waals surface area contributed by atoms with Crippen molar-refractivity contribution in [1.29, 1.82) is 0 Å². The monoisotopic (exact) mass is 437 g/mol. The van der Waals surface area contributed by atoms with Crippen molar-refractivity contribution in [2.45, 2.75) is 58.9 Å². The minimum absolute atomic E-state index is 0.0455. The first kappa shape index (κ1) is 24.5. The molecule has 2 N–H and O–H groups in total. The average Bonchev–Trinajstić information content (AvgIpc) is 2.67. The number of carboxylic acid groups (broad SMARTS) is 2. The lowest BCUT2D eigenvalue weighted by molar-refractivity contribution is -0.129. The third-order valence-electron chi connectivity index (χ3n) is 5.50. The van der Waals surface area contributed by atoms with Gasteiger partial charge >= 0.3 is 5.97 Å². The van der Waals surface area contributed by atoms with Crippen molar-refractivity contribution in [3.05, 3.63) is 33.2 Å². The minimum Gasteiger partial charge on any atom is -0.483 e. The van der Waals surface area contributed by atoms with Crippen LogP contribution in [0.15, 0.2) is 11.0 Å². The Morgan fingerprint density at radius 1 is 1.23 bits per heavy atom. The van der Waals surface area contributed by atoms with Crippen molar-refractivity contribution in [2.75, 3.05) is 26.2 Å². The number of carbonyl (C=O) groups is 3. The number of carboxylic acids is 1. The van der Waals surface area contributed by atoms with Gasteiger partial charge in [0, 0.05) is 52.4 Å². The lowest BCUT2D eigenvalue weighted by Gasteiger charge is -2.35. The number of fused-ring (bicyclic) bond motifs is 1. The Balaban J connectivity index is 0.00000107. The third kappa shape index (κ3) is 6.38. The number of hydrogen-bond acceptors (Lipinski definition) is 6. The van der Waals surface area contributed by atoms with Crippen LogP contribution in [0.4, 0.5) is 0 Å². The Bertz CT molecular complexity index is 857. The van der Waals surface area contributed by atoms with Gasteiger partial charge in [-0.2, -0.15) is 0 Å². The summed E-state index contributed by atoms with van der Waals surface area (Å²) in [5.41, 5.74) is 0.731. The highest BCUT2D eigenvalue weighted by Crippen LogP contribution is 2.21. The van der Waals surface area contributed by atoms with E-state index < -0.39 is 11.5 Å². The highest BCUT2D eigenvalue weighted by molar-refractivity contribution is 5.89. The third-order valence-corrected chi connectivity index (χ3v) is 5.50. The molecule has 3 heterocycles. The van der Waals surface area contributed by atoms with Crippen LogP contribution in [0, 0.1) is 0 Å². The van der Waals surface area contributed by atoms with Gasteiger partial charge in [0.2, 0.25) is 5.91 Å². The van der Waals surface area contributed by atoms with Crippen LogP contribution in [0.1, 0.15) is 48.7 Å². The lowest BCUT2D eigenvalue weighted by atomic mass is 9.96. The fraction of sp³-hybridized carbons (Fsp3) is 0.619. The number of aromatic carboxylic acids is 1. The summed E-state index contributed by atoms with van der Waals surface area (Å²) in [6, 6.07) is 0. The van der Waals surface area contributed by atoms with Crippen LogP contribution >= 0.6 is 0 Å². The summed E-state index contributed by atoms with van der Waals surface area (Å²) < 4.78 is 7.24. The molecule has 10 heteroatoms. The fourth-order valence-electron chi connectivity index (χ4n) is 4.30. The van der Waals surface area contributed by atoms with E-state index in [1.54, 1.807) is 11.1 Å². The van der Waals surface area contributed by atoms with E-state index >= 15 is 0 Å². The SMILES string of the molecule is CC(=O)N1CCc2c(cn(CCCN3C[C@@H](C)O[C@@H](C)C3)c(=O)c2C(=O)O)C1.O=CO. The van der Waals surface area contributed by atoms with Gasteiger partial charge in [0.1, 0.15) is 5.56 Å². The Labute approximate surface area is 181 Å². The van der Waals surface area contributed by atoms with Gasteiger partial charge in [-0.1, -0.05) is 0 Å². The molecular formula is C21H31N3O7. The van der Waals surface area contributed by atoms with Gasteiger partial charge < -0.3 is 24.4 Å². The zero-order valence-electron chi connectivity index (χ0n) is 18.2. The first-order valence-electron chi connectivity index (χ1n) is 10.4. The molecule has 1 fully saturated rings. The first-order chi connectivity index (χ1) is 14.7. The molecule has 3 rings (SSSR count). The standard InChI is InChI=1S/C20H29N3O5.CH2O2/c1-13-9-21(10-14(2)28-13)6-4-7-23-12-16-11-22(15(3)24)8-5-17(16)18(19(23)25)20(26)27;2-1-3/h12-14H,4-11H2,1-3H3,(H,26,27);1H,(H,2,3)/t13-,14+;. The van der Waals surface area contributed by atoms with Crippen molar-refractivity contribution in [3.8, 4) is 0 Å². The predicted octanol–water partition coefficient (Wildman–Crippen LogP) is 0.651. The molecule has 31 heavy (non-hydrogen) atoms. The molecule has 2 aliphatic heterocycles. The molecule has 0 spiro atoms. The number of hydrogen-bond donors (Lipinski definition) is 2. The van der Waals surface area contributed by atoms with Crippen LogP contribution in [0.25, 0.3) is 0 Å². The van der Waals surface area contributed by atoms with Gasteiger partial charge in [-0.05, 0) is 37.8 Å². The Morgan fingerprint density at radius 2 is 1.84 bits per heavy atom. The number of aromatic nitrogens is 1. The minimum atomic E-state index is -1.19. The van der Waals surface area contributed by atoms with Gasteiger partial charge in [-0.25, -0.2) is 4.79 Å². The normalized spacial score (nSPS) is 20.9. The van der Waals surface area contributed by atoms with Crippen molar-refractivity contribution in [2.24, 2.45) is 0 Å². The van der Waals surface area contributed by atoms with Gasteiger partial charge in [0.15, 0.2) is 0 Å². The summed E-state index contributed by atoms with van der Waals surface area (Å²) in [6.07, 6.45) is 3.26. The van der Waals surface area contributed by atoms with Crippen LogP contribution < -0.4 is 5.56 Å². The summed E-state index contributed by atoms with van der Waals surface area (Å²) >= 11 is 0. The molecule has 0 saturated carbocycles. The highest BCUT2D eigenvalue weighted by atomic mass is 16.5. The molecule has 1 amide bonds. The maximum Gasteiger partial charge on any atom is 0.341 e. The van der Waals surface area contributed by atoms with E-state index in [0.29, 0.717) is 31.6 Å². The van der Waals surface area contributed by atoms with E-state index in [4.69, 9.17) is 14.6 Å². The Hall–Kier alpha value is -2.72. The van der Waals surface area contributed by atoms with E-state index in [1.165, 1.54) is 11.5 Å². The Kier molecular flexibility index (Phi) is 8.76. The molecule has 2 atom stereocenters. The predicted molar refractivity (Wildman–Crippen MR) is 112 cm³/mol. The number of carbonyl (C=O) groups excluding carboxylic acids is 1. The van der Waals surface area contributed by atoms with Gasteiger partial charge in [0.25, 0.3) is 12.0 Å². The molecule has 0 radical (unpaired) electrons. The van der Waals surface area contributed by atoms with Gasteiger partial charge in [-0.15, -0.1) is 0 Å². The van der Waals surface area contributed by atoms with E-state index in [0.717, 1.165) is 31.6 Å². The average molecular weight is 437 g/mol. The summed E-state index contributed by atoms with van der Waals surface area (Å²) in [6.45, 7) is 9.14. The van der Waals surface area contributed by atoms with E-state index in [9.17, 15) is 19.5 Å². The largest absolute Gasteiger partial charge is 0.483 e. The van der Waals surface area contributed by atoms with E-state index in [2.05, 4.69) is 18.7 Å². The molecule has 1 saturated heterocycles. The number of ether oxygens (including phenoxy) is 1. The van der Waals surface area contributed by atoms with E-state index in [-0.39, 0.29) is 30.2 Å². The number of nitrogens with zero attached hydrogens (tertiary/aromatic N) is 3. The van der Waals surface area contributed by atoms with Crippen LogP contribution in [-0.4, -0.2) is 81.3 Å². The van der Waals surface area contributed by atoms with Crippen molar-refractivity contribution < 1.29 is 29.3 Å². The van der Waals surface area contributed by atoms with Gasteiger partial charge in [0.05, 0.1) is 12.2 Å². The number of aryl methyl sites for hydroxylation is 1. The van der Waals surface area contributed by atoms with Crippen LogP contribution in [0.2, 0.25) is 0 Å². The maximum absolute atomic E-state index is 12.8. The summed E-state index contributed by atoms with van der Waals surface area (Å²) in [4.78, 5) is 48.6. The Morgan fingerprint density at radius 3 is 2.39 bits per heavy atom. The van der Waals surface area contributed by atoms with Crippen molar-refractivity contribution >= 4 is 18.3 Å². The quantitative estimate of drug-likeness (QED) is 0.643. The molecule has 0 unspecified atom stereocenters. The van der Waals surface area contributed by atoms with Crippen molar-refractivity contribution in [1.82, 2.24) is 14.4 Å². The van der Waals surface area contributed by atoms with Crippen LogP contribution in [0.3, 0.4) is 0 Å². The maximum atomic E-state index is 12.8. The number of morpholine rings is 1. The first-order valence-corrected chi connectivity index (χ1v) is 10.4. The second kappa shape index (κ2) is 11.1. The molecule has 1 aromatic heterocycles.